The van der Waals surface area contributed by atoms with Crippen molar-refractivity contribution in [1.82, 2.24) is 4.90 Å². The molecule has 0 aliphatic rings. The van der Waals surface area contributed by atoms with Crippen molar-refractivity contribution in [2.45, 2.75) is 58.0 Å². The summed E-state index contributed by atoms with van der Waals surface area (Å²) < 4.78 is 5.17. The van der Waals surface area contributed by atoms with Crippen molar-refractivity contribution in [2.24, 2.45) is 5.73 Å². The first-order chi connectivity index (χ1) is 8.50. The van der Waals surface area contributed by atoms with E-state index in [1.54, 1.807) is 7.11 Å². The fourth-order valence-corrected chi connectivity index (χ4v) is 2.26. The van der Waals surface area contributed by atoms with Crippen molar-refractivity contribution >= 4 is 0 Å². The van der Waals surface area contributed by atoms with Crippen molar-refractivity contribution in [2.75, 3.05) is 33.4 Å². The zero-order valence-electron chi connectivity index (χ0n) is 12.6. The van der Waals surface area contributed by atoms with Gasteiger partial charge in [0.05, 0.1) is 13.2 Å². The summed E-state index contributed by atoms with van der Waals surface area (Å²) in [6, 6.07) is 0.623. The number of aliphatic hydroxyl groups is 1. The van der Waals surface area contributed by atoms with E-state index in [0.717, 1.165) is 32.5 Å². The monoisotopic (exact) mass is 260 g/mol. The van der Waals surface area contributed by atoms with Crippen LogP contribution >= 0.6 is 0 Å². The summed E-state index contributed by atoms with van der Waals surface area (Å²) in [5, 5.41) is 9.14. The standard InChI is InChI=1S/C14H32N2O2/c1-5-13(6-2)16(10-11-18-4)9-7-8-14(3,15)12-17/h13,17H,5-12,15H2,1-4H3. The summed E-state index contributed by atoms with van der Waals surface area (Å²) in [4.78, 5) is 2.48. The van der Waals surface area contributed by atoms with Gasteiger partial charge in [0.2, 0.25) is 0 Å². The van der Waals surface area contributed by atoms with Gasteiger partial charge in [-0.2, -0.15) is 0 Å². The first-order valence-corrected chi connectivity index (χ1v) is 7.13. The van der Waals surface area contributed by atoms with Crippen LogP contribution < -0.4 is 5.73 Å². The van der Waals surface area contributed by atoms with Crippen molar-refractivity contribution in [3.8, 4) is 0 Å². The van der Waals surface area contributed by atoms with Crippen LogP contribution in [0.3, 0.4) is 0 Å². The van der Waals surface area contributed by atoms with Crippen molar-refractivity contribution in [3.05, 3.63) is 0 Å². The largest absolute Gasteiger partial charge is 0.394 e. The van der Waals surface area contributed by atoms with Gasteiger partial charge in [-0.1, -0.05) is 13.8 Å². The van der Waals surface area contributed by atoms with Crippen LogP contribution in [-0.4, -0.2) is 55.0 Å². The Kier molecular flexibility index (Phi) is 9.64. The summed E-state index contributed by atoms with van der Waals surface area (Å²) in [5.74, 6) is 0. The van der Waals surface area contributed by atoms with E-state index in [9.17, 15) is 0 Å². The van der Waals surface area contributed by atoms with E-state index in [1.165, 1.54) is 12.8 Å². The third-order valence-electron chi connectivity index (χ3n) is 3.60. The fraction of sp³-hybridized carbons (Fsp3) is 1.00. The molecule has 110 valence electrons. The first-order valence-electron chi connectivity index (χ1n) is 7.13. The van der Waals surface area contributed by atoms with E-state index in [1.807, 2.05) is 6.92 Å². The van der Waals surface area contributed by atoms with E-state index >= 15 is 0 Å². The van der Waals surface area contributed by atoms with E-state index < -0.39 is 5.54 Å². The van der Waals surface area contributed by atoms with Crippen molar-refractivity contribution < 1.29 is 9.84 Å². The molecule has 0 aromatic heterocycles. The lowest BCUT2D eigenvalue weighted by Gasteiger charge is -2.31. The molecule has 4 heteroatoms. The minimum absolute atomic E-state index is 0.0516. The van der Waals surface area contributed by atoms with Gasteiger partial charge in [0.25, 0.3) is 0 Å². The summed E-state index contributed by atoms with van der Waals surface area (Å²) in [6.07, 6.45) is 4.21. The van der Waals surface area contributed by atoms with Gasteiger partial charge in [-0.05, 0) is 39.2 Å². The van der Waals surface area contributed by atoms with E-state index in [4.69, 9.17) is 15.6 Å². The summed E-state index contributed by atoms with van der Waals surface area (Å²) in [5.41, 5.74) is 5.51. The summed E-state index contributed by atoms with van der Waals surface area (Å²) in [6.45, 7) is 9.20. The van der Waals surface area contributed by atoms with Crippen LogP contribution in [0.1, 0.15) is 46.5 Å². The molecule has 0 aliphatic heterocycles. The Morgan fingerprint density at radius 2 is 1.89 bits per heavy atom. The molecule has 0 fully saturated rings. The molecule has 0 aliphatic carbocycles. The molecule has 0 heterocycles. The molecule has 1 atom stereocenters. The van der Waals surface area contributed by atoms with E-state index in [0.29, 0.717) is 6.04 Å². The van der Waals surface area contributed by atoms with Crippen LogP contribution in [0.25, 0.3) is 0 Å². The number of aliphatic hydroxyl groups excluding tert-OH is 1. The molecule has 3 N–H and O–H groups in total. The highest BCUT2D eigenvalue weighted by molar-refractivity contribution is 4.78. The Balaban J connectivity index is 4.15. The lowest BCUT2D eigenvalue weighted by Crippen LogP contribution is -2.42. The number of nitrogens with two attached hydrogens (primary N) is 1. The van der Waals surface area contributed by atoms with Crippen molar-refractivity contribution in [1.29, 1.82) is 0 Å². The second kappa shape index (κ2) is 9.73. The first kappa shape index (κ1) is 17.8. The van der Waals surface area contributed by atoms with Gasteiger partial charge in [-0.15, -0.1) is 0 Å². The molecule has 0 rings (SSSR count). The quantitative estimate of drug-likeness (QED) is 0.592. The number of nitrogens with zero attached hydrogens (tertiary/aromatic N) is 1. The van der Waals surface area contributed by atoms with Crippen LogP contribution in [0.2, 0.25) is 0 Å². The average Bonchev–Trinajstić information content (AvgIpc) is 2.36. The third kappa shape index (κ3) is 7.31. The maximum atomic E-state index is 9.14. The predicted octanol–water partition coefficient (Wildman–Crippen LogP) is 1.61. The highest BCUT2D eigenvalue weighted by atomic mass is 16.5. The number of ether oxygens (including phenoxy) is 1. The molecule has 0 aromatic carbocycles. The molecular formula is C14H32N2O2. The van der Waals surface area contributed by atoms with Crippen LogP contribution in [0, 0.1) is 0 Å². The second-order valence-electron chi connectivity index (χ2n) is 5.41. The number of rotatable bonds is 11. The number of hydrogen-bond acceptors (Lipinski definition) is 4. The molecule has 18 heavy (non-hydrogen) atoms. The maximum Gasteiger partial charge on any atom is 0.0608 e. The molecule has 0 bridgehead atoms. The Labute approximate surface area is 112 Å². The topological polar surface area (TPSA) is 58.7 Å². The molecule has 0 saturated heterocycles. The molecule has 0 amide bonds. The van der Waals surface area contributed by atoms with Crippen LogP contribution in [0.5, 0.6) is 0 Å². The Morgan fingerprint density at radius 1 is 1.28 bits per heavy atom. The Hall–Kier alpha value is -0.160. The van der Waals surface area contributed by atoms with Gasteiger partial charge in [0.1, 0.15) is 0 Å². The summed E-state index contributed by atoms with van der Waals surface area (Å²) in [7, 11) is 1.74. The van der Waals surface area contributed by atoms with Gasteiger partial charge in [0, 0.05) is 25.2 Å². The molecule has 0 aromatic rings. The highest BCUT2D eigenvalue weighted by Gasteiger charge is 2.19. The van der Waals surface area contributed by atoms with Crippen LogP contribution in [0.15, 0.2) is 0 Å². The third-order valence-corrected chi connectivity index (χ3v) is 3.60. The molecular weight excluding hydrogens is 228 g/mol. The lowest BCUT2D eigenvalue weighted by molar-refractivity contribution is 0.109. The van der Waals surface area contributed by atoms with Gasteiger partial charge >= 0.3 is 0 Å². The van der Waals surface area contributed by atoms with Gasteiger partial charge in [-0.25, -0.2) is 0 Å². The number of methoxy groups -OCH3 is 1. The van der Waals surface area contributed by atoms with Crippen LogP contribution in [0.4, 0.5) is 0 Å². The zero-order valence-corrected chi connectivity index (χ0v) is 12.6. The summed E-state index contributed by atoms with van der Waals surface area (Å²) >= 11 is 0. The highest BCUT2D eigenvalue weighted by Crippen LogP contribution is 2.13. The van der Waals surface area contributed by atoms with Crippen LogP contribution in [-0.2, 0) is 4.74 Å². The van der Waals surface area contributed by atoms with Gasteiger partial charge in [-0.3, -0.25) is 4.90 Å². The SMILES string of the molecule is CCC(CC)N(CCCC(C)(N)CO)CCOC. The minimum Gasteiger partial charge on any atom is -0.394 e. The molecule has 1 unspecified atom stereocenters. The second-order valence-corrected chi connectivity index (χ2v) is 5.41. The minimum atomic E-state index is -0.444. The van der Waals surface area contributed by atoms with Crippen molar-refractivity contribution in [3.63, 3.8) is 0 Å². The van der Waals surface area contributed by atoms with E-state index in [2.05, 4.69) is 18.7 Å². The average molecular weight is 260 g/mol. The lowest BCUT2D eigenvalue weighted by atomic mass is 9.98. The smallest absolute Gasteiger partial charge is 0.0608 e. The predicted molar refractivity (Wildman–Crippen MR) is 76.7 cm³/mol. The molecule has 0 radical (unpaired) electrons. The zero-order chi connectivity index (χ0) is 14.0. The maximum absolute atomic E-state index is 9.14. The molecule has 0 spiro atoms. The fourth-order valence-electron chi connectivity index (χ4n) is 2.26. The molecule has 0 saturated carbocycles. The number of hydrogen-bond donors (Lipinski definition) is 2. The van der Waals surface area contributed by atoms with E-state index in [-0.39, 0.29) is 6.61 Å². The Morgan fingerprint density at radius 3 is 2.33 bits per heavy atom. The van der Waals surface area contributed by atoms with Gasteiger partial charge < -0.3 is 15.6 Å². The molecule has 4 nitrogen and oxygen atoms in total. The normalized spacial score (nSPS) is 15.3. The Bertz CT molecular complexity index is 194. The van der Waals surface area contributed by atoms with Gasteiger partial charge in [0.15, 0.2) is 0 Å².